The Morgan fingerprint density at radius 1 is 1.55 bits per heavy atom. The molecule has 0 aromatic carbocycles. The maximum atomic E-state index is 11.3. The molecule has 1 aliphatic rings. The van der Waals surface area contributed by atoms with Gasteiger partial charge in [0.05, 0.1) is 6.20 Å². The number of nitrogens with one attached hydrogen (secondary N) is 1. The predicted octanol–water partition coefficient (Wildman–Crippen LogP) is 1.04. The molecule has 106 valence electrons. The number of nitro groups is 1. The van der Waals surface area contributed by atoms with Crippen LogP contribution in [-0.2, 0) is 6.54 Å². The summed E-state index contributed by atoms with van der Waals surface area (Å²) in [5.74, 6) is 0.0753. The second-order valence-corrected chi connectivity index (χ2v) is 5.09. The molecule has 1 N–H and O–H groups in total. The van der Waals surface area contributed by atoms with E-state index in [1.165, 1.54) is 0 Å². The van der Waals surface area contributed by atoms with Gasteiger partial charge < -0.3 is 15.4 Å². The first kappa shape index (κ1) is 13.0. The van der Waals surface area contributed by atoms with E-state index in [1.807, 2.05) is 6.07 Å². The van der Waals surface area contributed by atoms with E-state index in [2.05, 4.69) is 22.1 Å². The summed E-state index contributed by atoms with van der Waals surface area (Å²) >= 11 is 0. The fourth-order valence-electron chi connectivity index (χ4n) is 2.64. The van der Waals surface area contributed by atoms with Crippen LogP contribution in [-0.4, -0.2) is 44.9 Å². The molecule has 7 heteroatoms. The van der Waals surface area contributed by atoms with Gasteiger partial charge in [-0.1, -0.05) is 6.07 Å². The van der Waals surface area contributed by atoms with Gasteiger partial charge in [-0.2, -0.15) is 4.40 Å². The minimum absolute atomic E-state index is 0.0753. The quantitative estimate of drug-likeness (QED) is 0.669. The third-order valence-corrected chi connectivity index (χ3v) is 3.74. The van der Waals surface area contributed by atoms with E-state index in [4.69, 9.17) is 0 Å². The maximum absolute atomic E-state index is 11.3. The molecule has 1 fully saturated rings. The molecule has 0 spiro atoms. The lowest BCUT2D eigenvalue weighted by molar-refractivity contribution is -0.391. The molecule has 1 aliphatic heterocycles. The summed E-state index contributed by atoms with van der Waals surface area (Å²) in [6.07, 6.45) is 1.69. The van der Waals surface area contributed by atoms with E-state index in [9.17, 15) is 10.1 Å². The van der Waals surface area contributed by atoms with Gasteiger partial charge in [0.25, 0.3) is 0 Å². The van der Waals surface area contributed by atoms with Crippen LogP contribution < -0.4 is 5.32 Å². The highest BCUT2D eigenvalue weighted by atomic mass is 16.6. The molecule has 0 bridgehead atoms. The Kier molecular flexibility index (Phi) is 3.37. The van der Waals surface area contributed by atoms with Crippen molar-refractivity contribution in [2.24, 2.45) is 0 Å². The van der Waals surface area contributed by atoms with Crippen LogP contribution in [0.2, 0.25) is 0 Å². The van der Waals surface area contributed by atoms with E-state index in [0.717, 1.165) is 19.6 Å². The van der Waals surface area contributed by atoms with Crippen molar-refractivity contribution in [3.8, 4) is 0 Å². The van der Waals surface area contributed by atoms with Crippen LogP contribution in [0.1, 0.15) is 12.6 Å². The van der Waals surface area contributed by atoms with Crippen molar-refractivity contribution in [2.75, 3.05) is 19.6 Å². The van der Waals surface area contributed by atoms with Crippen LogP contribution in [0.25, 0.3) is 5.65 Å². The molecular weight excluding hydrogens is 258 g/mol. The Bertz CT molecular complexity index is 639. The average molecular weight is 275 g/mol. The largest absolute Gasteiger partial charge is 0.358 e. The molecule has 3 rings (SSSR count). The number of nitrogens with zero attached hydrogens (tertiary/aromatic N) is 4. The van der Waals surface area contributed by atoms with Crippen LogP contribution in [0.15, 0.2) is 24.4 Å². The van der Waals surface area contributed by atoms with Gasteiger partial charge in [0.15, 0.2) is 5.69 Å². The Morgan fingerprint density at radius 3 is 3.15 bits per heavy atom. The Hall–Kier alpha value is -1.99. The van der Waals surface area contributed by atoms with Crippen molar-refractivity contribution in [1.82, 2.24) is 19.6 Å². The fraction of sp³-hybridized carbons (Fsp3) is 0.462. The van der Waals surface area contributed by atoms with Crippen molar-refractivity contribution in [3.05, 3.63) is 40.2 Å². The molecule has 0 radical (unpaired) electrons. The minimum atomic E-state index is -0.345. The van der Waals surface area contributed by atoms with E-state index < -0.39 is 0 Å². The lowest BCUT2D eigenvalue weighted by Gasteiger charge is -2.33. The first-order valence-electron chi connectivity index (χ1n) is 6.72. The third kappa shape index (κ3) is 2.25. The van der Waals surface area contributed by atoms with Crippen LogP contribution in [0, 0.1) is 10.1 Å². The van der Waals surface area contributed by atoms with E-state index >= 15 is 0 Å². The highest BCUT2D eigenvalue weighted by molar-refractivity contribution is 5.48. The molecule has 1 unspecified atom stereocenters. The summed E-state index contributed by atoms with van der Waals surface area (Å²) in [6.45, 7) is 5.33. The van der Waals surface area contributed by atoms with E-state index in [0.29, 0.717) is 23.9 Å². The molecule has 3 heterocycles. The number of piperazine rings is 1. The summed E-state index contributed by atoms with van der Waals surface area (Å²) in [4.78, 5) is 17.6. The van der Waals surface area contributed by atoms with Gasteiger partial charge in [0.2, 0.25) is 5.65 Å². The molecule has 2 aromatic rings. The van der Waals surface area contributed by atoms with Gasteiger partial charge in [0, 0.05) is 38.3 Å². The Balaban J connectivity index is 1.98. The second-order valence-electron chi connectivity index (χ2n) is 5.09. The maximum Gasteiger partial charge on any atom is 0.352 e. The van der Waals surface area contributed by atoms with Crippen LogP contribution >= 0.6 is 0 Å². The lowest BCUT2D eigenvalue weighted by Crippen LogP contribution is -2.49. The second kappa shape index (κ2) is 5.18. The van der Waals surface area contributed by atoms with Crippen LogP contribution in [0.4, 0.5) is 5.82 Å². The number of imidazole rings is 1. The first-order chi connectivity index (χ1) is 9.66. The summed E-state index contributed by atoms with van der Waals surface area (Å²) in [7, 11) is 0. The Morgan fingerprint density at radius 2 is 2.40 bits per heavy atom. The highest BCUT2D eigenvalue weighted by Crippen LogP contribution is 2.22. The monoisotopic (exact) mass is 275 g/mol. The number of fused-ring (bicyclic) bond motifs is 1. The normalized spacial score (nSPS) is 20.4. The number of hydrogen-bond acceptors (Lipinski definition) is 5. The fourth-order valence-corrected chi connectivity index (χ4v) is 2.64. The van der Waals surface area contributed by atoms with Gasteiger partial charge in [-0.15, -0.1) is 0 Å². The van der Waals surface area contributed by atoms with Gasteiger partial charge >= 0.3 is 5.82 Å². The standard InChI is InChI=1S/C13H17N5O2/c1-10-8-14-5-7-16(10)9-11-13(18(19)20)17-6-3-2-4-12(17)15-11/h2-4,6,10,14H,5,7-9H2,1H3. The number of aromatic nitrogens is 2. The zero-order chi connectivity index (χ0) is 14.1. The van der Waals surface area contributed by atoms with Crippen LogP contribution in [0.5, 0.6) is 0 Å². The van der Waals surface area contributed by atoms with Crippen molar-refractivity contribution in [2.45, 2.75) is 19.5 Å². The van der Waals surface area contributed by atoms with Crippen LogP contribution in [0.3, 0.4) is 0 Å². The first-order valence-corrected chi connectivity index (χ1v) is 6.72. The molecule has 1 saturated heterocycles. The summed E-state index contributed by atoms with van der Waals surface area (Å²) in [6, 6.07) is 5.76. The third-order valence-electron chi connectivity index (χ3n) is 3.74. The average Bonchev–Trinajstić information content (AvgIpc) is 2.79. The number of rotatable bonds is 3. The molecule has 2 aromatic heterocycles. The molecular formula is C13H17N5O2. The number of pyridine rings is 1. The van der Waals surface area contributed by atoms with Crippen molar-refractivity contribution in [1.29, 1.82) is 0 Å². The highest BCUT2D eigenvalue weighted by Gasteiger charge is 2.26. The van der Waals surface area contributed by atoms with Gasteiger partial charge in [-0.3, -0.25) is 4.90 Å². The summed E-state index contributed by atoms with van der Waals surface area (Å²) < 4.78 is 1.54. The molecule has 0 aliphatic carbocycles. The smallest absolute Gasteiger partial charge is 0.352 e. The topological polar surface area (TPSA) is 75.7 Å². The zero-order valence-corrected chi connectivity index (χ0v) is 11.3. The van der Waals surface area contributed by atoms with Gasteiger partial charge in [-0.05, 0) is 17.9 Å². The van der Waals surface area contributed by atoms with Crippen molar-refractivity contribution >= 4 is 11.5 Å². The Labute approximate surface area is 116 Å². The minimum Gasteiger partial charge on any atom is -0.358 e. The van der Waals surface area contributed by atoms with Gasteiger partial charge in [-0.25, -0.2) is 4.98 Å². The predicted molar refractivity (Wildman–Crippen MR) is 74.6 cm³/mol. The molecule has 7 nitrogen and oxygen atoms in total. The summed E-state index contributed by atoms with van der Waals surface area (Å²) in [5.41, 5.74) is 1.16. The molecule has 0 amide bonds. The van der Waals surface area contributed by atoms with E-state index in [-0.39, 0.29) is 10.7 Å². The lowest BCUT2D eigenvalue weighted by atomic mass is 10.2. The number of hydrogen-bond donors (Lipinski definition) is 1. The molecule has 0 saturated carbocycles. The molecule has 1 atom stereocenters. The molecule has 20 heavy (non-hydrogen) atoms. The van der Waals surface area contributed by atoms with Gasteiger partial charge in [0.1, 0.15) is 0 Å². The summed E-state index contributed by atoms with van der Waals surface area (Å²) in [5, 5.41) is 14.6. The van der Waals surface area contributed by atoms with Crippen molar-refractivity contribution < 1.29 is 4.92 Å². The SMILES string of the molecule is CC1CNCCN1Cc1nc2ccccn2c1[N+](=O)[O-]. The zero-order valence-electron chi connectivity index (χ0n) is 11.3. The van der Waals surface area contributed by atoms with Crippen molar-refractivity contribution in [3.63, 3.8) is 0 Å². The van der Waals surface area contributed by atoms with E-state index in [1.54, 1.807) is 22.7 Å².